The summed E-state index contributed by atoms with van der Waals surface area (Å²) in [6.45, 7) is 5.60. The average Bonchev–Trinajstić information content (AvgIpc) is 2.60. The number of nitrogens with one attached hydrogen (secondary N) is 1. The van der Waals surface area contributed by atoms with Gasteiger partial charge in [0.1, 0.15) is 5.82 Å². The highest BCUT2D eigenvalue weighted by Crippen LogP contribution is 2.25. The minimum atomic E-state index is -3.51. The highest BCUT2D eigenvalue weighted by Gasteiger charge is 2.19. The van der Waals surface area contributed by atoms with E-state index in [9.17, 15) is 8.42 Å². The van der Waals surface area contributed by atoms with Gasteiger partial charge >= 0.3 is 0 Å². The first-order valence-electron chi connectivity index (χ1n) is 8.75. The van der Waals surface area contributed by atoms with Crippen LogP contribution in [0.3, 0.4) is 0 Å². The van der Waals surface area contributed by atoms with Crippen LogP contribution in [0.25, 0.3) is 10.9 Å². The van der Waals surface area contributed by atoms with Crippen molar-refractivity contribution in [3.63, 3.8) is 0 Å². The fourth-order valence-electron chi connectivity index (χ4n) is 3.07. The van der Waals surface area contributed by atoms with Crippen molar-refractivity contribution in [2.24, 2.45) is 0 Å². The maximum Gasteiger partial charge on any atom is 0.182 e. The Kier molecular flexibility index (Phi) is 4.53. The van der Waals surface area contributed by atoms with Gasteiger partial charge in [0.15, 0.2) is 9.84 Å². The third kappa shape index (κ3) is 3.64. The number of hydrogen-bond donors (Lipinski definition) is 1. The normalized spacial score (nSPS) is 14.0. The van der Waals surface area contributed by atoms with Gasteiger partial charge in [-0.15, -0.1) is 0 Å². The Bertz CT molecular complexity index is 1110. The number of rotatable bonds is 6. The SMILES string of the molecule is C=CNc1cncc(CS(=O)(=O)c2ccc3ccc(N4CCC4)nc3c2)c1. The molecule has 6 nitrogen and oxygen atoms in total. The van der Waals surface area contributed by atoms with Crippen LogP contribution in [0.15, 0.2) is 66.5 Å². The van der Waals surface area contributed by atoms with E-state index in [1.165, 1.54) is 12.6 Å². The molecule has 1 aromatic carbocycles. The lowest BCUT2D eigenvalue weighted by Gasteiger charge is -2.32. The molecule has 1 fully saturated rings. The highest BCUT2D eigenvalue weighted by molar-refractivity contribution is 7.90. The minimum Gasteiger partial charge on any atom is -0.361 e. The molecule has 0 aliphatic carbocycles. The van der Waals surface area contributed by atoms with Gasteiger partial charge in [0.2, 0.25) is 0 Å². The van der Waals surface area contributed by atoms with Gasteiger partial charge in [0, 0.05) is 24.7 Å². The second kappa shape index (κ2) is 7.00. The summed E-state index contributed by atoms with van der Waals surface area (Å²) < 4.78 is 25.8. The molecule has 0 saturated carbocycles. The molecule has 1 aliphatic heterocycles. The third-order valence-corrected chi connectivity index (χ3v) is 6.29. The first kappa shape index (κ1) is 17.5. The Balaban J connectivity index is 1.65. The predicted octanol–water partition coefficient (Wildman–Crippen LogP) is 3.37. The molecule has 138 valence electrons. The molecule has 3 heterocycles. The van der Waals surface area contributed by atoms with Crippen molar-refractivity contribution in [1.29, 1.82) is 0 Å². The largest absolute Gasteiger partial charge is 0.361 e. The Morgan fingerprint density at radius 3 is 2.70 bits per heavy atom. The number of benzene rings is 1. The summed E-state index contributed by atoms with van der Waals surface area (Å²) in [5.41, 5.74) is 2.02. The van der Waals surface area contributed by atoms with E-state index < -0.39 is 9.84 Å². The standard InChI is InChI=1S/C20H20N4O2S/c1-2-22-17-10-15(12-21-13-17)14-27(25,26)18-6-4-16-5-7-20(23-19(16)11-18)24-8-3-9-24/h2,4-7,10-13,22H,1,3,8-9,14H2. The molecular weight excluding hydrogens is 360 g/mol. The van der Waals surface area contributed by atoms with Crippen LogP contribution in [-0.4, -0.2) is 31.5 Å². The Morgan fingerprint density at radius 2 is 1.96 bits per heavy atom. The Labute approximate surface area is 158 Å². The van der Waals surface area contributed by atoms with Crippen LogP contribution in [0.2, 0.25) is 0 Å². The molecule has 1 aliphatic rings. The van der Waals surface area contributed by atoms with E-state index >= 15 is 0 Å². The lowest BCUT2D eigenvalue weighted by Crippen LogP contribution is -2.37. The molecule has 1 N–H and O–H groups in total. The first-order valence-corrected chi connectivity index (χ1v) is 10.4. The molecule has 27 heavy (non-hydrogen) atoms. The van der Waals surface area contributed by atoms with Gasteiger partial charge in [-0.2, -0.15) is 0 Å². The summed E-state index contributed by atoms with van der Waals surface area (Å²) in [6.07, 6.45) is 5.88. The van der Waals surface area contributed by atoms with Crippen LogP contribution in [-0.2, 0) is 15.6 Å². The zero-order chi connectivity index (χ0) is 18.9. The summed E-state index contributed by atoms with van der Waals surface area (Å²) in [5, 5.41) is 3.85. The number of fused-ring (bicyclic) bond motifs is 1. The fourth-order valence-corrected chi connectivity index (χ4v) is 4.40. The van der Waals surface area contributed by atoms with Gasteiger partial charge in [-0.3, -0.25) is 4.98 Å². The second-order valence-electron chi connectivity index (χ2n) is 6.55. The molecular formula is C20H20N4O2S. The summed E-state index contributed by atoms with van der Waals surface area (Å²) in [5.74, 6) is 0.778. The van der Waals surface area contributed by atoms with Gasteiger partial charge in [-0.1, -0.05) is 12.6 Å². The number of aromatic nitrogens is 2. The van der Waals surface area contributed by atoms with Crippen LogP contribution in [0.5, 0.6) is 0 Å². The number of sulfone groups is 1. The second-order valence-corrected chi connectivity index (χ2v) is 8.54. The Hall–Kier alpha value is -2.93. The van der Waals surface area contributed by atoms with Crippen LogP contribution in [0, 0.1) is 0 Å². The average molecular weight is 380 g/mol. The van der Waals surface area contributed by atoms with Gasteiger partial charge in [0.05, 0.1) is 28.0 Å². The maximum absolute atomic E-state index is 12.9. The molecule has 0 atom stereocenters. The van der Waals surface area contributed by atoms with Crippen molar-refractivity contribution in [3.05, 3.63) is 67.1 Å². The zero-order valence-electron chi connectivity index (χ0n) is 14.8. The van der Waals surface area contributed by atoms with Gasteiger partial charge in [0.25, 0.3) is 0 Å². The minimum absolute atomic E-state index is 0.121. The van der Waals surface area contributed by atoms with Crippen LogP contribution in [0.4, 0.5) is 11.5 Å². The monoisotopic (exact) mass is 380 g/mol. The quantitative estimate of drug-likeness (QED) is 0.707. The van der Waals surface area contributed by atoms with Crippen molar-refractivity contribution < 1.29 is 8.42 Å². The summed E-state index contributed by atoms with van der Waals surface area (Å²) in [6, 6.07) is 10.8. The van der Waals surface area contributed by atoms with Crippen molar-refractivity contribution in [2.45, 2.75) is 17.1 Å². The van der Waals surface area contributed by atoms with E-state index in [4.69, 9.17) is 0 Å². The van der Waals surface area contributed by atoms with E-state index in [0.29, 0.717) is 16.8 Å². The fraction of sp³-hybridized carbons (Fsp3) is 0.200. The summed E-state index contributed by atoms with van der Waals surface area (Å²) in [4.78, 5) is 11.2. The number of anilines is 2. The Morgan fingerprint density at radius 1 is 1.15 bits per heavy atom. The summed E-state index contributed by atoms with van der Waals surface area (Å²) >= 11 is 0. The smallest absolute Gasteiger partial charge is 0.182 e. The zero-order valence-corrected chi connectivity index (χ0v) is 15.6. The van der Waals surface area contributed by atoms with E-state index in [0.717, 1.165) is 24.3 Å². The molecule has 4 rings (SSSR count). The topological polar surface area (TPSA) is 75.2 Å². The lowest BCUT2D eigenvalue weighted by atomic mass is 10.2. The molecule has 1 saturated heterocycles. The lowest BCUT2D eigenvalue weighted by molar-refractivity contribution is 0.595. The van der Waals surface area contributed by atoms with Crippen molar-refractivity contribution in [3.8, 4) is 0 Å². The maximum atomic E-state index is 12.9. The molecule has 0 unspecified atom stereocenters. The number of nitrogens with zero attached hydrogens (tertiary/aromatic N) is 3. The van der Waals surface area contributed by atoms with Crippen molar-refractivity contribution in [2.75, 3.05) is 23.3 Å². The van der Waals surface area contributed by atoms with Crippen molar-refractivity contribution in [1.82, 2.24) is 9.97 Å². The van der Waals surface area contributed by atoms with E-state index in [-0.39, 0.29) is 10.6 Å². The molecule has 0 bridgehead atoms. The first-order chi connectivity index (χ1) is 13.0. The summed E-state index contributed by atoms with van der Waals surface area (Å²) in [7, 11) is -3.51. The van der Waals surface area contributed by atoms with Gasteiger partial charge < -0.3 is 10.2 Å². The van der Waals surface area contributed by atoms with E-state index in [1.807, 2.05) is 18.2 Å². The third-order valence-electron chi connectivity index (χ3n) is 4.61. The highest BCUT2D eigenvalue weighted by atomic mass is 32.2. The molecule has 0 spiro atoms. The van der Waals surface area contributed by atoms with Gasteiger partial charge in [-0.05, 0) is 48.5 Å². The predicted molar refractivity (Wildman–Crippen MR) is 108 cm³/mol. The number of pyridine rings is 2. The molecule has 0 radical (unpaired) electrons. The van der Waals surface area contributed by atoms with Crippen LogP contribution < -0.4 is 10.2 Å². The molecule has 0 amide bonds. The molecule has 2 aromatic heterocycles. The molecule has 7 heteroatoms. The molecule has 3 aromatic rings. The van der Waals surface area contributed by atoms with Gasteiger partial charge in [-0.25, -0.2) is 13.4 Å². The van der Waals surface area contributed by atoms with Crippen LogP contribution >= 0.6 is 0 Å². The van der Waals surface area contributed by atoms with Crippen molar-refractivity contribution >= 4 is 32.2 Å². The van der Waals surface area contributed by atoms with Crippen LogP contribution in [0.1, 0.15) is 12.0 Å². The van der Waals surface area contributed by atoms with E-state index in [1.54, 1.807) is 30.6 Å². The van der Waals surface area contributed by atoms with E-state index in [2.05, 4.69) is 26.8 Å². The number of hydrogen-bond acceptors (Lipinski definition) is 6.